The van der Waals surface area contributed by atoms with Crippen LogP contribution in [0.5, 0.6) is 5.75 Å². The molecule has 2 fully saturated rings. The van der Waals surface area contributed by atoms with Crippen molar-refractivity contribution in [3.8, 4) is 5.75 Å². The number of nitrogens with one attached hydrogen (secondary N) is 4. The van der Waals surface area contributed by atoms with Gasteiger partial charge in [0.05, 0.1) is 71.4 Å². The molecule has 1 aromatic carbocycles. The van der Waals surface area contributed by atoms with Crippen molar-refractivity contribution in [1.29, 1.82) is 0 Å². The molecule has 0 bridgehead atoms. The topological polar surface area (TPSA) is 163 Å². The molecule has 0 saturated carbocycles. The average Bonchev–Trinajstić information content (AvgIpc) is 3.63. The number of thioether (sulfide) groups is 1. The van der Waals surface area contributed by atoms with E-state index in [1.54, 1.807) is 0 Å². The number of hydrogen-bond acceptors (Lipinski definition) is 10. The average molecular weight is 725 g/mol. The van der Waals surface area contributed by atoms with Crippen LogP contribution in [-0.2, 0) is 33.3 Å². The van der Waals surface area contributed by atoms with Crippen LogP contribution >= 0.6 is 11.8 Å². The molecule has 2 heterocycles. The van der Waals surface area contributed by atoms with Crippen LogP contribution in [0.1, 0.15) is 45.4 Å². The Hall–Kier alpha value is -3.19. The van der Waals surface area contributed by atoms with E-state index >= 15 is 0 Å². The molecule has 0 aliphatic carbocycles. The van der Waals surface area contributed by atoms with Gasteiger partial charge in [0, 0.05) is 30.0 Å². The Labute approximate surface area is 286 Å². The number of carbonyl (C=O) groups is 4. The van der Waals surface area contributed by atoms with Crippen LogP contribution in [0, 0.1) is 23.3 Å². The van der Waals surface area contributed by atoms with Crippen LogP contribution in [0.2, 0.25) is 0 Å². The van der Waals surface area contributed by atoms with Crippen molar-refractivity contribution in [3.05, 3.63) is 29.3 Å². The zero-order valence-corrected chi connectivity index (χ0v) is 28.1. The summed E-state index contributed by atoms with van der Waals surface area (Å²) in [4.78, 5) is 48.0. The molecule has 18 heteroatoms. The second-order valence-electron chi connectivity index (χ2n) is 11.2. The minimum absolute atomic E-state index is 0.00914. The Kier molecular flexibility index (Phi) is 17.9. The molecule has 4 atom stereocenters. The Bertz CT molecular complexity index is 1230. The monoisotopic (exact) mass is 724 g/mol. The number of amides is 4. The zero-order chi connectivity index (χ0) is 35.6. The van der Waals surface area contributed by atoms with E-state index < -0.39 is 47.5 Å². The maximum Gasteiger partial charge on any atom is 0.315 e. The smallest absolute Gasteiger partial charge is 0.315 e. The molecule has 0 aromatic heterocycles. The summed E-state index contributed by atoms with van der Waals surface area (Å²) in [6.07, 6.45) is 2.86. The van der Waals surface area contributed by atoms with E-state index in [9.17, 15) is 36.7 Å². The SMILES string of the molecule is CC[C@H](NC(=O)CCCC[C@@H]1SC[C@H]2NC(=O)N[C@@H]12)C(=O)NCCOCCOCCOCCOCCC(=O)Oc1c(F)c(F)cc(F)c1F. The number of esters is 1. The quantitative estimate of drug-likeness (QED) is 0.0311. The number of unbranched alkanes of at least 4 members (excludes halogenated alkanes) is 1. The Morgan fingerprint density at radius 2 is 1.49 bits per heavy atom. The fourth-order valence-electron chi connectivity index (χ4n) is 4.99. The first-order valence-corrected chi connectivity index (χ1v) is 17.3. The van der Waals surface area contributed by atoms with Gasteiger partial charge in [-0.2, -0.15) is 20.5 Å². The summed E-state index contributed by atoms with van der Waals surface area (Å²) < 4.78 is 79.1. The molecule has 1 aromatic rings. The standard InChI is InChI=1S/C31H44F4N4O9S/c1-2-21(37-24(40)6-4-3-5-23-28-22(18-49-23)38-31(43)39-28)30(42)36-8-10-45-12-14-47-16-15-46-13-11-44-9-7-25(41)48-29-26(34)19(32)17-20(33)27(29)35/h17,21-23,28H,2-16,18H2,1H3,(H,36,42)(H,37,40)(H2,38,39,43)/t21-,22+,23-,28+/m0/s1. The third-order valence-electron chi connectivity index (χ3n) is 7.54. The lowest BCUT2D eigenvalue weighted by molar-refractivity contribution is -0.136. The largest absolute Gasteiger partial charge is 0.420 e. The minimum atomic E-state index is -1.81. The van der Waals surface area contributed by atoms with Gasteiger partial charge in [-0.3, -0.25) is 14.4 Å². The van der Waals surface area contributed by atoms with Crippen LogP contribution in [0.15, 0.2) is 6.07 Å². The number of fused-ring (bicyclic) bond motifs is 1. The molecule has 0 spiro atoms. The number of rotatable bonds is 24. The van der Waals surface area contributed by atoms with E-state index in [4.69, 9.17) is 18.9 Å². The van der Waals surface area contributed by atoms with Crippen molar-refractivity contribution in [1.82, 2.24) is 21.3 Å². The van der Waals surface area contributed by atoms with Crippen molar-refractivity contribution < 1.29 is 60.4 Å². The van der Waals surface area contributed by atoms with Gasteiger partial charge in [0.25, 0.3) is 0 Å². The maximum atomic E-state index is 13.5. The summed E-state index contributed by atoms with van der Waals surface area (Å²) in [6, 6.07) is -0.395. The summed E-state index contributed by atoms with van der Waals surface area (Å²) >= 11 is 1.84. The zero-order valence-electron chi connectivity index (χ0n) is 27.3. The molecule has 13 nitrogen and oxygen atoms in total. The van der Waals surface area contributed by atoms with Crippen molar-refractivity contribution in [3.63, 3.8) is 0 Å². The first kappa shape index (κ1) is 40.2. The number of benzene rings is 1. The predicted octanol–water partition coefficient (Wildman–Crippen LogP) is 2.34. The molecule has 0 radical (unpaired) electrons. The van der Waals surface area contributed by atoms with Gasteiger partial charge in [-0.05, 0) is 19.3 Å². The summed E-state index contributed by atoms with van der Waals surface area (Å²) in [5.74, 6) is -9.11. The Balaban J connectivity index is 1.09. The van der Waals surface area contributed by atoms with E-state index in [2.05, 4.69) is 26.0 Å². The summed E-state index contributed by atoms with van der Waals surface area (Å²) in [5, 5.41) is 11.8. The van der Waals surface area contributed by atoms with Gasteiger partial charge in [-0.15, -0.1) is 0 Å². The van der Waals surface area contributed by atoms with Crippen molar-refractivity contribution >= 4 is 35.6 Å². The molecule has 2 aliphatic rings. The third kappa shape index (κ3) is 13.9. The number of urea groups is 1. The van der Waals surface area contributed by atoms with Crippen molar-refractivity contribution in [2.75, 3.05) is 65.2 Å². The molecule has 276 valence electrons. The van der Waals surface area contributed by atoms with Gasteiger partial charge >= 0.3 is 12.0 Å². The highest BCUT2D eigenvalue weighted by Crippen LogP contribution is 2.33. The Morgan fingerprint density at radius 3 is 2.12 bits per heavy atom. The van der Waals surface area contributed by atoms with Crippen LogP contribution in [0.4, 0.5) is 22.4 Å². The highest BCUT2D eigenvalue weighted by molar-refractivity contribution is 8.00. The van der Waals surface area contributed by atoms with Gasteiger partial charge in [-0.25, -0.2) is 13.6 Å². The molecule has 4 N–H and O–H groups in total. The van der Waals surface area contributed by atoms with Gasteiger partial charge in [-0.1, -0.05) is 13.3 Å². The fourth-order valence-corrected chi connectivity index (χ4v) is 6.53. The highest BCUT2D eigenvalue weighted by atomic mass is 32.2. The molecular formula is C31H44F4N4O9S. The maximum absolute atomic E-state index is 13.5. The molecule has 3 rings (SSSR count). The van der Waals surface area contributed by atoms with Crippen molar-refractivity contribution in [2.24, 2.45) is 0 Å². The van der Waals surface area contributed by atoms with Crippen molar-refractivity contribution in [2.45, 2.75) is 68.8 Å². The second-order valence-corrected chi connectivity index (χ2v) is 12.4. The number of halogens is 4. The summed E-state index contributed by atoms with van der Waals surface area (Å²) in [6.45, 7) is 3.59. The molecule has 49 heavy (non-hydrogen) atoms. The Morgan fingerprint density at radius 1 is 0.878 bits per heavy atom. The van der Waals surface area contributed by atoms with Gasteiger partial charge in [0.15, 0.2) is 11.6 Å². The van der Waals surface area contributed by atoms with E-state index in [0.717, 1.165) is 18.6 Å². The van der Waals surface area contributed by atoms with Gasteiger partial charge in [0.2, 0.25) is 29.2 Å². The summed E-state index contributed by atoms with van der Waals surface area (Å²) in [7, 11) is 0. The lowest BCUT2D eigenvalue weighted by atomic mass is 10.0. The molecular weight excluding hydrogens is 680 g/mol. The van der Waals surface area contributed by atoms with E-state index in [0.29, 0.717) is 37.7 Å². The number of ether oxygens (including phenoxy) is 5. The first-order chi connectivity index (χ1) is 23.6. The molecule has 4 amide bonds. The lowest BCUT2D eigenvalue weighted by Crippen LogP contribution is -2.47. The number of carbonyl (C=O) groups excluding carboxylic acids is 4. The van der Waals surface area contributed by atoms with E-state index in [1.165, 1.54) is 0 Å². The molecule has 2 aliphatic heterocycles. The van der Waals surface area contributed by atoms with Crippen LogP contribution < -0.4 is 26.0 Å². The minimum Gasteiger partial charge on any atom is -0.420 e. The normalized spacial score (nSPS) is 18.8. The number of hydrogen-bond donors (Lipinski definition) is 4. The lowest BCUT2D eigenvalue weighted by Gasteiger charge is -2.18. The fraction of sp³-hybridized carbons (Fsp3) is 0.677. The van der Waals surface area contributed by atoms with Crippen LogP contribution in [0.3, 0.4) is 0 Å². The summed E-state index contributed by atoms with van der Waals surface area (Å²) in [5.41, 5.74) is 0. The predicted molar refractivity (Wildman–Crippen MR) is 169 cm³/mol. The van der Waals surface area contributed by atoms with Gasteiger partial charge < -0.3 is 45.0 Å². The third-order valence-corrected chi connectivity index (χ3v) is 9.05. The van der Waals surface area contributed by atoms with Crippen LogP contribution in [0.25, 0.3) is 0 Å². The van der Waals surface area contributed by atoms with Gasteiger partial charge in [0.1, 0.15) is 6.04 Å². The van der Waals surface area contributed by atoms with Crippen LogP contribution in [-0.4, -0.2) is 112 Å². The van der Waals surface area contributed by atoms with E-state index in [-0.39, 0.29) is 82.2 Å². The molecule has 0 unspecified atom stereocenters. The highest BCUT2D eigenvalue weighted by Gasteiger charge is 2.42. The van der Waals surface area contributed by atoms with E-state index in [1.807, 2.05) is 18.7 Å². The molecule has 2 saturated heterocycles. The first-order valence-electron chi connectivity index (χ1n) is 16.2. The second kappa shape index (κ2) is 21.8.